The molecule has 0 saturated carbocycles. The summed E-state index contributed by atoms with van der Waals surface area (Å²) >= 11 is 0. The van der Waals surface area contributed by atoms with Gasteiger partial charge in [0.05, 0.1) is 6.54 Å². The van der Waals surface area contributed by atoms with Crippen LogP contribution < -0.4 is 5.32 Å². The van der Waals surface area contributed by atoms with Crippen LogP contribution in [0.2, 0.25) is 0 Å². The molecule has 0 bridgehead atoms. The van der Waals surface area contributed by atoms with E-state index in [4.69, 9.17) is 0 Å². The molecule has 1 aromatic heterocycles. The van der Waals surface area contributed by atoms with Gasteiger partial charge in [0.25, 0.3) is 0 Å². The smallest absolute Gasteiger partial charge is 0.193 e. The topological polar surface area (TPSA) is 35.8 Å². The summed E-state index contributed by atoms with van der Waals surface area (Å²) in [5, 5.41) is 3.49. The Balaban J connectivity index is 0.00000312. The van der Waals surface area contributed by atoms with Crippen LogP contribution in [0.25, 0.3) is 0 Å². The molecule has 25 heavy (non-hydrogen) atoms. The van der Waals surface area contributed by atoms with Gasteiger partial charge in [-0.3, -0.25) is 4.99 Å². The van der Waals surface area contributed by atoms with Crippen molar-refractivity contribution >= 4 is 29.9 Å². The van der Waals surface area contributed by atoms with Gasteiger partial charge in [0.15, 0.2) is 5.96 Å². The number of aromatic nitrogens is 1. The Morgan fingerprint density at radius 3 is 2.60 bits per heavy atom. The first kappa shape index (κ1) is 22.3. The summed E-state index contributed by atoms with van der Waals surface area (Å²) in [6.07, 6.45) is 10.1. The van der Waals surface area contributed by atoms with Crippen LogP contribution in [0.5, 0.6) is 0 Å². The summed E-state index contributed by atoms with van der Waals surface area (Å²) < 4.78 is 2.16. The number of nitrogens with zero attached hydrogens (tertiary/aromatic N) is 4. The lowest BCUT2D eigenvalue weighted by Crippen LogP contribution is -2.39. The van der Waals surface area contributed by atoms with Crippen LogP contribution in [0.1, 0.15) is 44.2 Å². The molecule has 0 amide bonds. The maximum absolute atomic E-state index is 4.40. The van der Waals surface area contributed by atoms with Gasteiger partial charge < -0.3 is 19.7 Å². The quantitative estimate of drug-likeness (QED) is 0.279. The normalized spacial score (nSPS) is 15.7. The van der Waals surface area contributed by atoms with Gasteiger partial charge in [0.2, 0.25) is 0 Å². The van der Waals surface area contributed by atoms with Crippen molar-refractivity contribution in [3.05, 3.63) is 24.0 Å². The van der Waals surface area contributed by atoms with Crippen molar-refractivity contribution in [2.45, 2.75) is 45.1 Å². The fourth-order valence-electron chi connectivity index (χ4n) is 3.38. The molecule has 0 radical (unpaired) electrons. The summed E-state index contributed by atoms with van der Waals surface area (Å²) in [7, 11) is 6.04. The maximum atomic E-state index is 4.40. The number of nitrogens with one attached hydrogen (secondary N) is 1. The van der Waals surface area contributed by atoms with Crippen molar-refractivity contribution in [3.8, 4) is 0 Å². The zero-order valence-electron chi connectivity index (χ0n) is 16.2. The molecule has 2 rings (SSSR count). The molecule has 1 N–H and O–H groups in total. The van der Waals surface area contributed by atoms with E-state index in [1.165, 1.54) is 63.9 Å². The third-order valence-corrected chi connectivity index (χ3v) is 4.91. The highest BCUT2D eigenvalue weighted by Crippen LogP contribution is 2.10. The molecule has 1 fully saturated rings. The highest BCUT2D eigenvalue weighted by molar-refractivity contribution is 14.0. The van der Waals surface area contributed by atoms with E-state index in [0.717, 1.165) is 19.0 Å². The van der Waals surface area contributed by atoms with Gasteiger partial charge in [-0.25, -0.2) is 0 Å². The van der Waals surface area contributed by atoms with Crippen LogP contribution in [0.15, 0.2) is 23.3 Å². The lowest BCUT2D eigenvalue weighted by Gasteiger charge is -2.26. The average Bonchev–Trinajstić information content (AvgIpc) is 3.00. The first-order chi connectivity index (χ1) is 11.7. The van der Waals surface area contributed by atoms with Crippen LogP contribution in [-0.2, 0) is 13.6 Å². The first-order valence-electron chi connectivity index (χ1n) is 9.45. The zero-order chi connectivity index (χ0) is 17.2. The molecular weight excluding hydrogens is 425 g/mol. The molecule has 0 aliphatic carbocycles. The van der Waals surface area contributed by atoms with Crippen LogP contribution in [-0.4, -0.2) is 60.6 Å². The van der Waals surface area contributed by atoms with Crippen LogP contribution >= 0.6 is 24.0 Å². The lowest BCUT2D eigenvalue weighted by molar-refractivity contribution is 0.224. The second-order valence-corrected chi connectivity index (χ2v) is 6.90. The lowest BCUT2D eigenvalue weighted by atomic mass is 10.1. The van der Waals surface area contributed by atoms with Crippen LogP contribution in [0, 0.1) is 0 Å². The van der Waals surface area contributed by atoms with Crippen molar-refractivity contribution in [3.63, 3.8) is 0 Å². The molecule has 0 atom stereocenters. The second-order valence-electron chi connectivity index (χ2n) is 6.90. The number of aliphatic imine (C=N–C) groups is 1. The van der Waals surface area contributed by atoms with Crippen molar-refractivity contribution in [2.24, 2.45) is 12.0 Å². The van der Waals surface area contributed by atoms with Crippen molar-refractivity contribution < 1.29 is 0 Å². The Morgan fingerprint density at radius 2 is 1.96 bits per heavy atom. The van der Waals surface area contributed by atoms with Crippen LogP contribution in [0.3, 0.4) is 0 Å². The van der Waals surface area contributed by atoms with Crippen molar-refractivity contribution in [1.82, 2.24) is 19.7 Å². The molecule has 1 aliphatic rings. The summed E-state index contributed by atoms with van der Waals surface area (Å²) in [6, 6.07) is 4.24. The third-order valence-electron chi connectivity index (χ3n) is 4.91. The summed E-state index contributed by atoms with van der Waals surface area (Å²) in [5.41, 5.74) is 1.29. The fraction of sp³-hybridized carbons (Fsp3) is 0.737. The molecule has 1 saturated heterocycles. The van der Waals surface area contributed by atoms with Gasteiger partial charge in [0, 0.05) is 39.6 Å². The number of piperidine rings is 1. The van der Waals surface area contributed by atoms with Gasteiger partial charge >= 0.3 is 0 Å². The van der Waals surface area contributed by atoms with Crippen molar-refractivity contribution in [2.75, 3.05) is 40.3 Å². The molecule has 0 spiro atoms. The number of hydrogen-bond donors (Lipinski definition) is 1. The molecular formula is C19H36IN5. The predicted octanol–water partition coefficient (Wildman–Crippen LogP) is 3.31. The average molecular weight is 461 g/mol. The van der Waals surface area contributed by atoms with E-state index in [9.17, 15) is 0 Å². The number of halogens is 1. The highest BCUT2D eigenvalue weighted by atomic mass is 127. The fourth-order valence-corrected chi connectivity index (χ4v) is 3.38. The molecule has 1 aliphatic heterocycles. The Labute approximate surface area is 170 Å². The van der Waals surface area contributed by atoms with E-state index in [0.29, 0.717) is 0 Å². The molecule has 2 heterocycles. The monoisotopic (exact) mass is 461 g/mol. The van der Waals surface area contributed by atoms with Gasteiger partial charge in [0.1, 0.15) is 0 Å². The minimum atomic E-state index is 0. The summed E-state index contributed by atoms with van der Waals surface area (Å²) in [4.78, 5) is 9.22. The molecule has 0 aromatic carbocycles. The van der Waals surface area contributed by atoms with Gasteiger partial charge in [-0.2, -0.15) is 0 Å². The number of aryl methyl sites for hydroxylation is 1. The number of guanidine groups is 1. The van der Waals surface area contributed by atoms with Crippen LogP contribution in [0.4, 0.5) is 0 Å². The number of hydrogen-bond acceptors (Lipinski definition) is 2. The van der Waals surface area contributed by atoms with E-state index >= 15 is 0 Å². The Hall–Kier alpha value is -0.760. The molecule has 1 aromatic rings. The number of rotatable bonds is 8. The maximum Gasteiger partial charge on any atom is 0.193 e. The summed E-state index contributed by atoms with van der Waals surface area (Å²) in [6.45, 7) is 5.79. The minimum Gasteiger partial charge on any atom is -0.356 e. The second kappa shape index (κ2) is 12.6. The van der Waals surface area contributed by atoms with Gasteiger partial charge in [-0.05, 0) is 57.5 Å². The van der Waals surface area contributed by atoms with E-state index in [1.807, 2.05) is 7.05 Å². The van der Waals surface area contributed by atoms with E-state index in [2.05, 4.69) is 57.1 Å². The Morgan fingerprint density at radius 1 is 1.20 bits per heavy atom. The predicted molar refractivity (Wildman–Crippen MR) is 118 cm³/mol. The third kappa shape index (κ3) is 7.98. The SMILES string of the molecule is CN=C(NCCCCCN1CCCCC1)N(C)Cc1cccn1C.I. The van der Waals surface area contributed by atoms with E-state index in [1.54, 1.807) is 0 Å². The number of unbranched alkanes of at least 4 members (excludes halogenated alkanes) is 2. The summed E-state index contributed by atoms with van der Waals surface area (Å²) in [5.74, 6) is 0.979. The van der Waals surface area contributed by atoms with E-state index < -0.39 is 0 Å². The molecule has 6 heteroatoms. The van der Waals surface area contributed by atoms with Gasteiger partial charge in [-0.1, -0.05) is 12.8 Å². The first-order valence-corrected chi connectivity index (χ1v) is 9.45. The number of likely N-dealkylation sites (tertiary alicyclic amines) is 1. The largest absolute Gasteiger partial charge is 0.356 e. The van der Waals surface area contributed by atoms with Crippen molar-refractivity contribution in [1.29, 1.82) is 0 Å². The molecule has 144 valence electrons. The standard InChI is InChI=1S/C19H35N5.HI/c1-20-19(23(3)17-18-11-10-13-22(18)2)21-12-6-4-7-14-24-15-8-5-9-16-24;/h10-11,13H,4-9,12,14-17H2,1-3H3,(H,20,21);1H. The Kier molecular flexibility index (Phi) is 11.2. The Bertz CT molecular complexity index is 494. The van der Waals surface area contributed by atoms with E-state index in [-0.39, 0.29) is 24.0 Å². The minimum absolute atomic E-state index is 0. The molecule has 0 unspecified atom stereocenters. The zero-order valence-corrected chi connectivity index (χ0v) is 18.5. The molecule has 5 nitrogen and oxygen atoms in total. The van der Waals surface area contributed by atoms with Gasteiger partial charge in [-0.15, -0.1) is 24.0 Å². The highest BCUT2D eigenvalue weighted by Gasteiger charge is 2.09.